The number of rotatable bonds is 3. The van der Waals surface area contributed by atoms with Crippen molar-refractivity contribution in [3.8, 4) is 0 Å². The van der Waals surface area contributed by atoms with Crippen LogP contribution in [0.25, 0.3) is 0 Å². The number of ether oxygens (including phenoxy) is 1. The first-order valence-corrected chi connectivity index (χ1v) is 6.53. The third-order valence-corrected chi connectivity index (χ3v) is 2.61. The van der Waals surface area contributed by atoms with Crippen LogP contribution in [0.15, 0.2) is 0 Å². The number of carbonyl (C=O) groups excluding carboxylic acids is 2. The van der Waals surface area contributed by atoms with Gasteiger partial charge >= 0.3 is 6.09 Å². The molecule has 7 nitrogen and oxygen atoms in total. The Bertz CT molecular complexity index is 467. The smallest absolute Gasteiger partial charge is 0.410 e. The molecule has 8 heteroatoms. The van der Waals surface area contributed by atoms with Gasteiger partial charge in [0.2, 0.25) is 11.0 Å². The van der Waals surface area contributed by atoms with Crippen molar-refractivity contribution in [2.45, 2.75) is 33.3 Å². The monoisotopic (exact) mass is 286 g/mol. The van der Waals surface area contributed by atoms with E-state index in [1.54, 1.807) is 27.7 Å². The second-order valence-corrected chi connectivity index (χ2v) is 6.19. The number of hydrogen-bond acceptors (Lipinski definition) is 6. The summed E-state index contributed by atoms with van der Waals surface area (Å²) in [6.45, 7) is 6.99. The normalized spacial score (nSPS) is 11.0. The molecule has 0 aliphatic heterocycles. The van der Waals surface area contributed by atoms with Gasteiger partial charge in [-0.25, -0.2) is 4.79 Å². The molecule has 106 valence electrons. The molecular formula is C11H18N4O3S. The lowest BCUT2D eigenvalue weighted by atomic mass is 10.2. The zero-order valence-corrected chi connectivity index (χ0v) is 12.5. The zero-order chi connectivity index (χ0) is 14.6. The van der Waals surface area contributed by atoms with E-state index in [1.807, 2.05) is 0 Å². The second-order valence-electron chi connectivity index (χ2n) is 5.01. The number of likely N-dealkylation sites (N-methyl/N-ethyl adjacent to an activating group) is 1. The predicted molar refractivity (Wildman–Crippen MR) is 72.1 cm³/mol. The van der Waals surface area contributed by atoms with E-state index >= 15 is 0 Å². The van der Waals surface area contributed by atoms with E-state index in [2.05, 4.69) is 15.5 Å². The van der Waals surface area contributed by atoms with Gasteiger partial charge in [0.25, 0.3) is 0 Å². The average Bonchev–Trinajstić information content (AvgIpc) is 2.60. The van der Waals surface area contributed by atoms with Gasteiger partial charge in [-0.1, -0.05) is 11.3 Å². The highest BCUT2D eigenvalue weighted by molar-refractivity contribution is 7.15. The molecule has 0 fully saturated rings. The molecule has 1 N–H and O–H groups in total. The minimum Gasteiger partial charge on any atom is -0.444 e. The average molecular weight is 286 g/mol. The van der Waals surface area contributed by atoms with Gasteiger partial charge in [-0.05, 0) is 27.7 Å². The Balaban J connectivity index is 2.46. The topological polar surface area (TPSA) is 84.4 Å². The maximum atomic E-state index is 11.7. The summed E-state index contributed by atoms with van der Waals surface area (Å²) in [6.07, 6.45) is -0.545. The molecule has 19 heavy (non-hydrogen) atoms. The molecule has 1 rings (SSSR count). The Labute approximate surface area is 116 Å². The molecule has 1 aromatic rings. The van der Waals surface area contributed by atoms with Crippen LogP contribution in [0, 0.1) is 6.92 Å². The first-order chi connectivity index (χ1) is 8.67. The van der Waals surface area contributed by atoms with Crippen molar-refractivity contribution in [3.63, 3.8) is 0 Å². The van der Waals surface area contributed by atoms with Crippen molar-refractivity contribution in [2.75, 3.05) is 18.9 Å². The van der Waals surface area contributed by atoms with Gasteiger partial charge in [0, 0.05) is 7.05 Å². The summed E-state index contributed by atoms with van der Waals surface area (Å²) in [5, 5.41) is 11.3. The van der Waals surface area contributed by atoms with Crippen molar-refractivity contribution in [3.05, 3.63) is 5.01 Å². The molecule has 0 aliphatic rings. The summed E-state index contributed by atoms with van der Waals surface area (Å²) in [7, 11) is 1.50. The van der Waals surface area contributed by atoms with Crippen LogP contribution in [0.5, 0.6) is 0 Å². The van der Waals surface area contributed by atoms with E-state index in [1.165, 1.54) is 23.3 Å². The van der Waals surface area contributed by atoms with E-state index in [0.717, 1.165) is 5.01 Å². The largest absolute Gasteiger partial charge is 0.444 e. The maximum Gasteiger partial charge on any atom is 0.410 e. The van der Waals surface area contributed by atoms with Gasteiger partial charge in [0.15, 0.2) is 0 Å². The van der Waals surface area contributed by atoms with Gasteiger partial charge in [-0.15, -0.1) is 10.2 Å². The SMILES string of the molecule is Cc1nnc(NC(=O)CN(C)C(=O)OC(C)(C)C)s1. The molecular weight excluding hydrogens is 268 g/mol. The summed E-state index contributed by atoms with van der Waals surface area (Å²) >= 11 is 1.27. The lowest BCUT2D eigenvalue weighted by Gasteiger charge is -2.24. The summed E-state index contributed by atoms with van der Waals surface area (Å²) in [4.78, 5) is 24.5. The van der Waals surface area contributed by atoms with Crippen LogP contribution in [-0.2, 0) is 9.53 Å². The number of nitrogens with one attached hydrogen (secondary N) is 1. The Morgan fingerprint density at radius 1 is 1.37 bits per heavy atom. The molecule has 0 saturated carbocycles. The third kappa shape index (κ3) is 5.64. The van der Waals surface area contributed by atoms with Crippen LogP contribution in [-0.4, -0.2) is 46.3 Å². The molecule has 0 radical (unpaired) electrons. The highest BCUT2D eigenvalue weighted by atomic mass is 32.1. The van der Waals surface area contributed by atoms with Crippen molar-refractivity contribution in [1.29, 1.82) is 0 Å². The number of hydrogen-bond donors (Lipinski definition) is 1. The van der Waals surface area contributed by atoms with Gasteiger partial charge < -0.3 is 9.64 Å². The molecule has 1 heterocycles. The predicted octanol–water partition coefficient (Wildman–Crippen LogP) is 1.65. The van der Waals surface area contributed by atoms with Crippen LogP contribution in [0.2, 0.25) is 0 Å². The number of aryl methyl sites for hydroxylation is 1. The van der Waals surface area contributed by atoms with Gasteiger partial charge in [-0.2, -0.15) is 0 Å². The minimum absolute atomic E-state index is 0.104. The Hall–Kier alpha value is -1.70. The fourth-order valence-electron chi connectivity index (χ4n) is 1.13. The number of aromatic nitrogens is 2. The van der Waals surface area contributed by atoms with Crippen LogP contribution >= 0.6 is 11.3 Å². The first kappa shape index (κ1) is 15.4. The van der Waals surface area contributed by atoms with E-state index in [9.17, 15) is 9.59 Å². The Morgan fingerprint density at radius 2 is 2.00 bits per heavy atom. The summed E-state index contributed by atoms with van der Waals surface area (Å²) in [5.41, 5.74) is -0.585. The van der Waals surface area contributed by atoms with Gasteiger partial charge in [-0.3, -0.25) is 10.1 Å². The minimum atomic E-state index is -0.585. The number of amides is 2. The fourth-order valence-corrected chi connectivity index (χ4v) is 1.73. The number of carbonyl (C=O) groups is 2. The highest BCUT2D eigenvalue weighted by Gasteiger charge is 2.21. The highest BCUT2D eigenvalue weighted by Crippen LogP contribution is 2.13. The summed E-state index contributed by atoms with van der Waals surface area (Å²) in [5.74, 6) is -0.343. The molecule has 0 unspecified atom stereocenters. The van der Waals surface area contributed by atoms with E-state index in [-0.39, 0.29) is 12.5 Å². The maximum absolute atomic E-state index is 11.7. The molecule has 0 aromatic carbocycles. The van der Waals surface area contributed by atoms with Crippen LogP contribution < -0.4 is 5.32 Å². The van der Waals surface area contributed by atoms with E-state index in [4.69, 9.17) is 4.74 Å². The van der Waals surface area contributed by atoms with Crippen molar-refractivity contribution in [2.24, 2.45) is 0 Å². The Morgan fingerprint density at radius 3 is 2.47 bits per heavy atom. The summed E-state index contributed by atoms with van der Waals surface area (Å²) in [6, 6.07) is 0. The fraction of sp³-hybridized carbons (Fsp3) is 0.636. The first-order valence-electron chi connectivity index (χ1n) is 5.71. The molecule has 0 spiro atoms. The molecule has 0 saturated heterocycles. The molecule has 0 bridgehead atoms. The van der Waals surface area contributed by atoms with Crippen molar-refractivity contribution >= 4 is 28.5 Å². The lowest BCUT2D eigenvalue weighted by Crippen LogP contribution is -2.38. The Kier molecular flexibility index (Phi) is 4.82. The van der Waals surface area contributed by atoms with Crippen LogP contribution in [0.4, 0.5) is 9.93 Å². The summed E-state index contributed by atoms with van der Waals surface area (Å²) < 4.78 is 5.14. The van der Waals surface area contributed by atoms with Crippen molar-refractivity contribution < 1.29 is 14.3 Å². The number of nitrogens with zero attached hydrogens (tertiary/aromatic N) is 3. The van der Waals surface area contributed by atoms with Gasteiger partial charge in [0.05, 0.1) is 0 Å². The van der Waals surface area contributed by atoms with Crippen LogP contribution in [0.3, 0.4) is 0 Å². The third-order valence-electron chi connectivity index (χ3n) is 1.86. The van der Waals surface area contributed by atoms with Gasteiger partial charge in [0.1, 0.15) is 17.2 Å². The van der Waals surface area contributed by atoms with Crippen molar-refractivity contribution in [1.82, 2.24) is 15.1 Å². The van der Waals surface area contributed by atoms with E-state index in [0.29, 0.717) is 5.13 Å². The molecule has 1 aromatic heterocycles. The van der Waals surface area contributed by atoms with Crippen LogP contribution in [0.1, 0.15) is 25.8 Å². The molecule has 2 amide bonds. The van der Waals surface area contributed by atoms with E-state index < -0.39 is 11.7 Å². The molecule has 0 atom stereocenters. The zero-order valence-electron chi connectivity index (χ0n) is 11.7. The number of anilines is 1. The molecule has 0 aliphatic carbocycles. The second kappa shape index (κ2) is 5.96. The lowest BCUT2D eigenvalue weighted by molar-refractivity contribution is -0.117. The quantitative estimate of drug-likeness (QED) is 0.913. The standard InChI is InChI=1S/C11H18N4O3S/c1-7-13-14-9(19-7)12-8(16)6-15(5)10(17)18-11(2,3)4/h6H2,1-5H3,(H,12,14,16).